The summed E-state index contributed by atoms with van der Waals surface area (Å²) in [5.41, 5.74) is 10.0. The van der Waals surface area contributed by atoms with Crippen molar-refractivity contribution in [3.63, 3.8) is 0 Å². The maximum Gasteiger partial charge on any atom is 0.543 e. The number of aromatic nitrogens is 2. The molecule has 0 atom stereocenters. The van der Waals surface area contributed by atoms with Gasteiger partial charge in [-0.3, -0.25) is 4.48 Å². The van der Waals surface area contributed by atoms with E-state index in [-0.39, 0.29) is 6.98 Å². The number of H-pyrrole nitrogens is 1. The fourth-order valence-corrected chi connectivity index (χ4v) is 5.10. The molecule has 1 aromatic heterocycles. The first kappa shape index (κ1) is 15.2. The topological polar surface area (TPSA) is 22.9 Å². The predicted molar refractivity (Wildman–Crippen MR) is 119 cm³/mol. The lowest BCUT2D eigenvalue weighted by Crippen LogP contribution is -2.71. The molecular weight excluding hydrogens is 353 g/mol. The number of nitrogens with zero attached hydrogens (tertiary/aromatic N) is 2. The van der Waals surface area contributed by atoms with Gasteiger partial charge < -0.3 is 4.81 Å². The Bertz CT molecular complexity index is 1440. The van der Waals surface area contributed by atoms with Crippen molar-refractivity contribution < 1.29 is 4.48 Å². The number of nitrogens with one attached hydrogen (secondary N) is 1. The van der Waals surface area contributed by atoms with Gasteiger partial charge in [0.05, 0.1) is 5.56 Å². The molecule has 0 radical (unpaired) electrons. The standard InChI is InChI=1S/C25H16BN3/c1-4-12-20-17(9-1)18-10-2-6-14-22(18)28-23-15-7-3-11-19(23)25-27-21-13-5-8-16-24(21)29(25)26(20)28/h1-16H/p+1. The van der Waals surface area contributed by atoms with E-state index in [2.05, 4.69) is 111 Å². The fourth-order valence-electron chi connectivity index (χ4n) is 5.10. The SMILES string of the molecule is c1ccc2c(c1)B1N(c3ccccc3-2)c2ccccc2-c2[nH]c3ccccc3[n+]21. The van der Waals surface area contributed by atoms with Crippen LogP contribution in [0.3, 0.4) is 0 Å². The Morgan fingerprint density at radius 2 is 1.24 bits per heavy atom. The second kappa shape index (κ2) is 5.39. The van der Waals surface area contributed by atoms with Gasteiger partial charge in [-0.05, 0) is 35.9 Å². The van der Waals surface area contributed by atoms with Gasteiger partial charge in [-0.25, -0.2) is 4.98 Å². The second-order valence-corrected chi connectivity index (χ2v) is 7.73. The Labute approximate surface area is 169 Å². The van der Waals surface area contributed by atoms with Crippen LogP contribution in [0, 0.1) is 0 Å². The van der Waals surface area contributed by atoms with Crippen LogP contribution in [0.1, 0.15) is 0 Å². The minimum atomic E-state index is 0.0714. The summed E-state index contributed by atoms with van der Waals surface area (Å²) < 4.78 is 2.46. The smallest absolute Gasteiger partial charge is 0.338 e. The van der Waals surface area contributed by atoms with Gasteiger partial charge in [0.15, 0.2) is 11.0 Å². The lowest BCUT2D eigenvalue weighted by atomic mass is 9.58. The Kier molecular flexibility index (Phi) is 2.82. The van der Waals surface area contributed by atoms with Crippen LogP contribution in [0.5, 0.6) is 0 Å². The number of benzene rings is 4. The van der Waals surface area contributed by atoms with Gasteiger partial charge in [-0.1, -0.05) is 66.7 Å². The molecule has 0 saturated heterocycles. The highest BCUT2D eigenvalue weighted by Crippen LogP contribution is 2.44. The number of anilines is 2. The molecule has 0 bridgehead atoms. The summed E-state index contributed by atoms with van der Waals surface area (Å²) >= 11 is 0. The maximum absolute atomic E-state index is 3.70. The Hall–Kier alpha value is -3.79. The molecule has 0 amide bonds. The van der Waals surface area contributed by atoms with Crippen molar-refractivity contribution >= 4 is 34.9 Å². The number of aromatic amines is 1. The fraction of sp³-hybridized carbons (Fsp3) is 0. The van der Waals surface area contributed by atoms with Crippen molar-refractivity contribution in [2.24, 2.45) is 0 Å². The van der Waals surface area contributed by atoms with Crippen LogP contribution in [0.2, 0.25) is 0 Å². The molecule has 0 spiro atoms. The van der Waals surface area contributed by atoms with Crippen LogP contribution in [-0.2, 0) is 0 Å². The van der Waals surface area contributed by atoms with E-state index in [1.807, 2.05) is 0 Å². The molecule has 0 aliphatic carbocycles. The van der Waals surface area contributed by atoms with Gasteiger partial charge in [-0.2, -0.15) is 0 Å². The summed E-state index contributed by atoms with van der Waals surface area (Å²) in [4.78, 5) is 6.20. The van der Waals surface area contributed by atoms with E-state index in [1.54, 1.807) is 0 Å². The van der Waals surface area contributed by atoms with Crippen molar-refractivity contribution in [3.05, 3.63) is 97.1 Å². The summed E-state index contributed by atoms with van der Waals surface area (Å²) in [5.74, 6) is 1.16. The van der Waals surface area contributed by atoms with Crippen molar-refractivity contribution in [1.82, 2.24) is 4.98 Å². The molecule has 2 aliphatic rings. The first-order chi connectivity index (χ1) is 14.4. The molecule has 4 heteroatoms. The third-order valence-electron chi connectivity index (χ3n) is 6.26. The Morgan fingerprint density at radius 3 is 2.10 bits per heavy atom. The number of fused-ring (bicyclic) bond motifs is 13. The average molecular weight is 370 g/mol. The van der Waals surface area contributed by atoms with Gasteiger partial charge in [-0.15, -0.1) is 0 Å². The van der Waals surface area contributed by atoms with E-state index in [1.165, 1.54) is 39.0 Å². The lowest BCUT2D eigenvalue weighted by molar-refractivity contribution is -0.493. The summed E-state index contributed by atoms with van der Waals surface area (Å²) in [5, 5.41) is 0. The highest BCUT2D eigenvalue weighted by atomic mass is 15.2. The van der Waals surface area contributed by atoms with Gasteiger partial charge in [0.25, 0.3) is 5.82 Å². The van der Waals surface area contributed by atoms with Crippen molar-refractivity contribution in [2.45, 2.75) is 0 Å². The third kappa shape index (κ3) is 1.86. The molecule has 5 aromatic rings. The molecule has 29 heavy (non-hydrogen) atoms. The number of rotatable bonds is 0. The van der Waals surface area contributed by atoms with E-state index >= 15 is 0 Å². The summed E-state index contributed by atoms with van der Waals surface area (Å²) in [6, 6.07) is 34.9. The normalized spacial score (nSPS) is 13.4. The van der Waals surface area contributed by atoms with Crippen LogP contribution in [-0.4, -0.2) is 12.0 Å². The van der Waals surface area contributed by atoms with Gasteiger partial charge in [0.2, 0.25) is 0 Å². The largest absolute Gasteiger partial charge is 0.543 e. The second-order valence-electron chi connectivity index (χ2n) is 7.73. The van der Waals surface area contributed by atoms with Gasteiger partial charge >= 0.3 is 6.98 Å². The Balaban J connectivity index is 1.68. The molecule has 4 aromatic carbocycles. The Morgan fingerprint density at radius 1 is 0.621 bits per heavy atom. The molecule has 3 nitrogen and oxygen atoms in total. The number of hydrogen-bond donors (Lipinski definition) is 1. The molecule has 3 heterocycles. The molecule has 0 unspecified atom stereocenters. The number of hydrogen-bond acceptors (Lipinski definition) is 1. The quantitative estimate of drug-likeness (QED) is 0.399. The summed E-state index contributed by atoms with van der Waals surface area (Å²) in [7, 11) is 0. The minimum Gasteiger partial charge on any atom is -0.338 e. The average Bonchev–Trinajstić information content (AvgIpc) is 3.19. The van der Waals surface area contributed by atoms with Crippen LogP contribution in [0.25, 0.3) is 33.5 Å². The minimum absolute atomic E-state index is 0.0714. The van der Waals surface area contributed by atoms with Crippen molar-refractivity contribution in [2.75, 3.05) is 4.81 Å². The summed E-state index contributed by atoms with van der Waals surface area (Å²) in [6.07, 6.45) is 0. The molecule has 0 saturated carbocycles. The number of imidazole rings is 1. The molecule has 7 rings (SSSR count). The zero-order valence-electron chi connectivity index (χ0n) is 15.7. The highest BCUT2D eigenvalue weighted by molar-refractivity contribution is 6.74. The van der Waals surface area contributed by atoms with E-state index in [0.29, 0.717) is 0 Å². The molecule has 1 N–H and O–H groups in total. The first-order valence-corrected chi connectivity index (χ1v) is 10.0. The maximum atomic E-state index is 3.70. The van der Waals surface area contributed by atoms with Crippen LogP contribution in [0.4, 0.5) is 11.4 Å². The lowest BCUT2D eigenvalue weighted by Gasteiger charge is -2.38. The molecule has 0 fully saturated rings. The van der Waals surface area contributed by atoms with E-state index in [4.69, 9.17) is 0 Å². The monoisotopic (exact) mass is 370 g/mol. The van der Waals surface area contributed by atoms with E-state index in [0.717, 1.165) is 11.3 Å². The molecule has 134 valence electrons. The summed E-state index contributed by atoms with van der Waals surface area (Å²) in [6.45, 7) is 0.0714. The predicted octanol–water partition coefficient (Wildman–Crippen LogP) is 4.50. The van der Waals surface area contributed by atoms with Gasteiger partial charge in [0.1, 0.15) is 0 Å². The van der Waals surface area contributed by atoms with Crippen LogP contribution < -0.4 is 14.8 Å². The molecular formula is C25H17BN3+. The van der Waals surface area contributed by atoms with Crippen molar-refractivity contribution in [3.8, 4) is 22.5 Å². The van der Waals surface area contributed by atoms with E-state index < -0.39 is 0 Å². The third-order valence-corrected chi connectivity index (χ3v) is 6.26. The van der Waals surface area contributed by atoms with Crippen LogP contribution >= 0.6 is 0 Å². The first-order valence-electron chi connectivity index (χ1n) is 10.0. The zero-order valence-corrected chi connectivity index (χ0v) is 15.7. The molecule has 2 aliphatic heterocycles. The van der Waals surface area contributed by atoms with E-state index in [9.17, 15) is 0 Å². The van der Waals surface area contributed by atoms with Crippen molar-refractivity contribution in [1.29, 1.82) is 0 Å². The highest BCUT2D eigenvalue weighted by Gasteiger charge is 2.49. The zero-order chi connectivity index (χ0) is 18.9. The van der Waals surface area contributed by atoms with Crippen LogP contribution in [0.15, 0.2) is 97.1 Å². The van der Waals surface area contributed by atoms with Gasteiger partial charge in [0, 0.05) is 22.4 Å². The number of para-hydroxylation sites is 4.